The summed E-state index contributed by atoms with van der Waals surface area (Å²) in [5.74, 6) is 0.364. The van der Waals surface area contributed by atoms with Crippen molar-refractivity contribution in [2.45, 2.75) is 52.5 Å². The lowest BCUT2D eigenvalue weighted by molar-refractivity contribution is -0.142. The molecule has 1 atom stereocenters. The molecule has 5 nitrogen and oxygen atoms in total. The molecule has 1 aromatic rings. The number of piperidine rings is 1. The number of thiophene rings is 1. The van der Waals surface area contributed by atoms with E-state index in [-0.39, 0.29) is 23.1 Å². The van der Waals surface area contributed by atoms with Gasteiger partial charge in [-0.25, -0.2) is 0 Å². The summed E-state index contributed by atoms with van der Waals surface area (Å²) in [7, 11) is 0. The highest BCUT2D eigenvalue weighted by molar-refractivity contribution is 7.10. The van der Waals surface area contributed by atoms with Crippen molar-refractivity contribution >= 4 is 23.2 Å². The Morgan fingerprint density at radius 3 is 2.41 bits per heavy atom. The average molecular weight is 392 g/mol. The molecule has 1 unspecified atom stereocenters. The van der Waals surface area contributed by atoms with Gasteiger partial charge in [0.25, 0.3) is 0 Å². The smallest absolute Gasteiger partial charge is 0.227 e. The molecule has 0 saturated carbocycles. The fourth-order valence-corrected chi connectivity index (χ4v) is 4.97. The average Bonchev–Trinajstić information content (AvgIpc) is 3.35. The van der Waals surface area contributed by atoms with Crippen molar-refractivity contribution in [1.82, 2.24) is 15.1 Å². The first-order valence-electron chi connectivity index (χ1n) is 10.2. The highest BCUT2D eigenvalue weighted by Crippen LogP contribution is 2.28. The van der Waals surface area contributed by atoms with Gasteiger partial charge < -0.3 is 10.2 Å². The van der Waals surface area contributed by atoms with Crippen molar-refractivity contribution in [3.8, 4) is 0 Å². The van der Waals surface area contributed by atoms with Crippen LogP contribution in [0.1, 0.15) is 57.4 Å². The molecule has 2 saturated heterocycles. The maximum Gasteiger partial charge on any atom is 0.227 e. The zero-order chi connectivity index (χ0) is 19.4. The monoisotopic (exact) mass is 391 g/mol. The van der Waals surface area contributed by atoms with E-state index in [1.807, 2.05) is 25.7 Å². The molecule has 2 fully saturated rings. The van der Waals surface area contributed by atoms with Crippen LogP contribution in [0.4, 0.5) is 0 Å². The first kappa shape index (κ1) is 20.3. The van der Waals surface area contributed by atoms with Crippen LogP contribution in [0, 0.1) is 11.3 Å². The number of hydrogen-bond acceptors (Lipinski definition) is 4. The fraction of sp³-hybridized carbons (Fsp3) is 0.714. The van der Waals surface area contributed by atoms with Crippen LogP contribution in [0.2, 0.25) is 0 Å². The van der Waals surface area contributed by atoms with Crippen molar-refractivity contribution in [2.24, 2.45) is 11.3 Å². The summed E-state index contributed by atoms with van der Waals surface area (Å²) in [6.07, 6.45) is 4.02. The molecule has 3 heterocycles. The molecule has 0 aromatic carbocycles. The maximum absolute atomic E-state index is 12.7. The van der Waals surface area contributed by atoms with E-state index < -0.39 is 0 Å². The summed E-state index contributed by atoms with van der Waals surface area (Å²) in [5.41, 5.74) is -0.348. The third-order valence-corrected chi connectivity index (χ3v) is 6.69. The Hall–Kier alpha value is -1.40. The number of likely N-dealkylation sites (tertiary alicyclic amines) is 2. The molecule has 1 aromatic heterocycles. The Labute approximate surface area is 167 Å². The minimum atomic E-state index is -0.348. The lowest BCUT2D eigenvalue weighted by Crippen LogP contribution is -2.47. The quantitative estimate of drug-likeness (QED) is 0.838. The lowest BCUT2D eigenvalue weighted by Gasteiger charge is -2.35. The van der Waals surface area contributed by atoms with E-state index in [2.05, 4.69) is 27.7 Å². The van der Waals surface area contributed by atoms with Gasteiger partial charge in [-0.15, -0.1) is 11.3 Å². The number of amides is 2. The summed E-state index contributed by atoms with van der Waals surface area (Å²) >= 11 is 1.77. The lowest BCUT2D eigenvalue weighted by atomic mass is 9.90. The number of nitrogens with zero attached hydrogens (tertiary/aromatic N) is 2. The predicted molar refractivity (Wildman–Crippen MR) is 110 cm³/mol. The maximum atomic E-state index is 12.7. The van der Waals surface area contributed by atoms with Crippen LogP contribution in [0.5, 0.6) is 0 Å². The zero-order valence-electron chi connectivity index (χ0n) is 16.9. The van der Waals surface area contributed by atoms with E-state index in [0.717, 1.165) is 25.9 Å². The number of carbonyl (C=O) groups excluding carboxylic acids is 2. The second-order valence-electron chi connectivity index (χ2n) is 8.84. The first-order chi connectivity index (χ1) is 12.9. The predicted octanol–water partition coefficient (Wildman–Crippen LogP) is 3.29. The van der Waals surface area contributed by atoms with E-state index in [0.29, 0.717) is 25.7 Å². The topological polar surface area (TPSA) is 52.7 Å². The standard InChI is InChI=1S/C21H33N3O2S/c1-21(2,3)20(26)24-12-8-16(9-13-24)19(25)22-15-17(18-7-6-14-27-18)23-10-4-5-11-23/h6-7,14,16-17H,4-5,8-13,15H2,1-3H3,(H,22,25). The molecule has 27 heavy (non-hydrogen) atoms. The van der Waals surface area contributed by atoms with Gasteiger partial charge in [0, 0.05) is 35.8 Å². The SMILES string of the molecule is CC(C)(C)C(=O)N1CCC(C(=O)NCC(c2cccs2)N2CCCC2)CC1. The van der Waals surface area contributed by atoms with Gasteiger partial charge in [-0.05, 0) is 50.2 Å². The van der Waals surface area contributed by atoms with Gasteiger partial charge in [0.2, 0.25) is 11.8 Å². The first-order valence-corrected chi connectivity index (χ1v) is 11.1. The van der Waals surface area contributed by atoms with Gasteiger partial charge in [-0.2, -0.15) is 0 Å². The molecule has 2 amide bonds. The Morgan fingerprint density at radius 2 is 1.85 bits per heavy atom. The number of carbonyl (C=O) groups is 2. The van der Waals surface area contributed by atoms with Crippen LogP contribution in [-0.4, -0.2) is 54.3 Å². The van der Waals surface area contributed by atoms with E-state index >= 15 is 0 Å². The van der Waals surface area contributed by atoms with Crippen LogP contribution in [-0.2, 0) is 9.59 Å². The molecule has 2 aliphatic heterocycles. The summed E-state index contributed by atoms with van der Waals surface area (Å²) in [5, 5.41) is 5.33. The van der Waals surface area contributed by atoms with Gasteiger partial charge >= 0.3 is 0 Å². The van der Waals surface area contributed by atoms with E-state index in [9.17, 15) is 9.59 Å². The third kappa shape index (κ3) is 5.11. The Bertz CT molecular complexity index is 624. The van der Waals surface area contributed by atoms with Crippen molar-refractivity contribution in [3.63, 3.8) is 0 Å². The molecule has 0 radical (unpaired) electrons. The van der Waals surface area contributed by atoms with Gasteiger partial charge in [0.15, 0.2) is 0 Å². The molecular formula is C21H33N3O2S. The molecule has 6 heteroatoms. The fourth-order valence-electron chi connectivity index (χ4n) is 4.10. The molecule has 0 bridgehead atoms. The Kier molecular flexibility index (Phi) is 6.58. The van der Waals surface area contributed by atoms with Crippen LogP contribution >= 0.6 is 11.3 Å². The molecule has 3 rings (SSSR count). The minimum Gasteiger partial charge on any atom is -0.354 e. The van der Waals surface area contributed by atoms with Crippen molar-refractivity contribution in [2.75, 3.05) is 32.7 Å². The summed E-state index contributed by atoms with van der Waals surface area (Å²) in [6, 6.07) is 4.56. The summed E-state index contributed by atoms with van der Waals surface area (Å²) in [6.45, 7) is 10.2. The molecule has 0 spiro atoms. The van der Waals surface area contributed by atoms with Crippen molar-refractivity contribution in [1.29, 1.82) is 0 Å². The zero-order valence-corrected chi connectivity index (χ0v) is 17.7. The van der Waals surface area contributed by atoms with Crippen molar-refractivity contribution < 1.29 is 9.59 Å². The number of nitrogens with one attached hydrogen (secondary N) is 1. The van der Waals surface area contributed by atoms with E-state index in [1.54, 1.807) is 11.3 Å². The highest BCUT2D eigenvalue weighted by atomic mass is 32.1. The molecule has 1 N–H and O–H groups in total. The largest absolute Gasteiger partial charge is 0.354 e. The Morgan fingerprint density at radius 1 is 1.19 bits per heavy atom. The second kappa shape index (κ2) is 8.74. The normalized spacial score (nSPS) is 20.6. The van der Waals surface area contributed by atoms with Gasteiger partial charge in [0.05, 0.1) is 6.04 Å². The molecular weight excluding hydrogens is 358 g/mol. The molecule has 2 aliphatic rings. The summed E-state index contributed by atoms with van der Waals surface area (Å²) in [4.78, 5) is 30.9. The molecule has 0 aliphatic carbocycles. The number of rotatable bonds is 5. The highest BCUT2D eigenvalue weighted by Gasteiger charge is 2.33. The van der Waals surface area contributed by atoms with Gasteiger partial charge in [-0.3, -0.25) is 14.5 Å². The van der Waals surface area contributed by atoms with Crippen LogP contribution in [0.15, 0.2) is 17.5 Å². The van der Waals surface area contributed by atoms with Crippen LogP contribution < -0.4 is 5.32 Å². The van der Waals surface area contributed by atoms with Crippen LogP contribution in [0.25, 0.3) is 0 Å². The Balaban J connectivity index is 1.51. The third-order valence-electron chi connectivity index (χ3n) is 5.72. The van der Waals surface area contributed by atoms with Crippen LogP contribution in [0.3, 0.4) is 0 Å². The van der Waals surface area contributed by atoms with Crippen molar-refractivity contribution in [3.05, 3.63) is 22.4 Å². The van der Waals surface area contributed by atoms with E-state index in [1.165, 1.54) is 17.7 Å². The van der Waals surface area contributed by atoms with Gasteiger partial charge in [-0.1, -0.05) is 26.8 Å². The molecule has 150 valence electrons. The van der Waals surface area contributed by atoms with Gasteiger partial charge in [0.1, 0.15) is 0 Å². The second-order valence-corrected chi connectivity index (χ2v) is 9.82. The van der Waals surface area contributed by atoms with E-state index in [4.69, 9.17) is 0 Å². The summed E-state index contributed by atoms with van der Waals surface area (Å²) < 4.78 is 0. The minimum absolute atomic E-state index is 0.0246. The number of hydrogen-bond donors (Lipinski definition) is 1.